The van der Waals surface area contributed by atoms with E-state index in [-0.39, 0.29) is 5.56 Å². The Morgan fingerprint density at radius 1 is 0.909 bits per heavy atom. The van der Waals surface area contributed by atoms with Crippen LogP contribution in [0.3, 0.4) is 0 Å². The van der Waals surface area contributed by atoms with Gasteiger partial charge in [0.1, 0.15) is 24.4 Å². The lowest BCUT2D eigenvalue weighted by atomic mass is 9.93. The summed E-state index contributed by atoms with van der Waals surface area (Å²) < 4.78 is 8.78. The number of benzene rings is 3. The Kier molecular flexibility index (Phi) is 6.50. The summed E-state index contributed by atoms with van der Waals surface area (Å²) in [7, 11) is 0. The van der Waals surface area contributed by atoms with Gasteiger partial charge in [-0.3, -0.25) is 0 Å². The van der Waals surface area contributed by atoms with Gasteiger partial charge in [0.2, 0.25) is 5.36 Å². The minimum atomic E-state index is -0.924. The third-order valence-electron chi connectivity index (χ3n) is 6.37. The first-order valence-electron chi connectivity index (χ1n) is 11.7. The molecule has 0 atom stereocenters. The first kappa shape index (κ1) is 22.6. The Hall–Kier alpha value is -3.60. The van der Waals surface area contributed by atoms with Crippen molar-refractivity contribution >= 4 is 22.6 Å². The molecule has 0 aromatic heterocycles. The van der Waals surface area contributed by atoms with E-state index in [9.17, 15) is 9.90 Å². The standard InChI is InChI=1S/C28H30N2O3/c1-5-29(6-2)21-13-15-23-25(17-21)33-26-18-22(30(7-3)8-4)14-16-24(26)27(23)19-9-11-20(12-10-19)28(31)32/h9-18H,5-8H2,1-4H3/p+1. The summed E-state index contributed by atoms with van der Waals surface area (Å²) >= 11 is 0. The molecule has 33 heavy (non-hydrogen) atoms. The zero-order chi connectivity index (χ0) is 23.5. The van der Waals surface area contributed by atoms with Crippen molar-refractivity contribution in [3.05, 3.63) is 71.6 Å². The lowest BCUT2D eigenvalue weighted by Gasteiger charge is -2.22. The number of aromatic carboxylic acids is 1. The maximum absolute atomic E-state index is 11.4. The van der Waals surface area contributed by atoms with Gasteiger partial charge in [0.05, 0.1) is 11.6 Å². The molecule has 0 saturated heterocycles. The highest BCUT2D eigenvalue weighted by atomic mass is 16.4. The van der Waals surface area contributed by atoms with Gasteiger partial charge in [-0.15, -0.1) is 0 Å². The Bertz CT molecular complexity index is 1330. The third-order valence-corrected chi connectivity index (χ3v) is 6.37. The largest absolute Gasteiger partial charge is 0.478 e. The average molecular weight is 444 g/mol. The van der Waals surface area contributed by atoms with Crippen LogP contribution in [0, 0.1) is 0 Å². The Morgan fingerprint density at radius 3 is 2.21 bits per heavy atom. The van der Waals surface area contributed by atoms with Crippen molar-refractivity contribution in [2.75, 3.05) is 31.1 Å². The van der Waals surface area contributed by atoms with E-state index in [0.717, 1.165) is 70.6 Å². The predicted molar refractivity (Wildman–Crippen MR) is 135 cm³/mol. The topological polar surface area (TPSA) is 56.7 Å². The van der Waals surface area contributed by atoms with Crippen molar-refractivity contribution in [1.29, 1.82) is 0 Å². The molecular weight excluding hydrogens is 412 g/mol. The Labute approximate surface area is 194 Å². The molecule has 2 aromatic carbocycles. The molecule has 2 aliphatic rings. The summed E-state index contributed by atoms with van der Waals surface area (Å²) in [5, 5.41) is 11.5. The van der Waals surface area contributed by atoms with E-state index >= 15 is 0 Å². The molecule has 0 unspecified atom stereocenters. The van der Waals surface area contributed by atoms with Crippen LogP contribution >= 0.6 is 0 Å². The van der Waals surface area contributed by atoms with Crippen LogP contribution in [-0.4, -0.2) is 37.3 Å². The number of hydrogen-bond acceptors (Lipinski definition) is 3. The van der Waals surface area contributed by atoms with Crippen LogP contribution in [-0.2, 0) is 0 Å². The highest BCUT2D eigenvalue weighted by Crippen LogP contribution is 2.40. The first-order valence-corrected chi connectivity index (χ1v) is 11.7. The molecule has 4 rings (SSSR count). The molecule has 0 radical (unpaired) electrons. The second-order valence-electron chi connectivity index (χ2n) is 8.07. The van der Waals surface area contributed by atoms with Gasteiger partial charge in [0.15, 0.2) is 0 Å². The lowest BCUT2D eigenvalue weighted by molar-refractivity contribution is 0.0697. The SMILES string of the molecule is CCN(CC)c1ccc2c(-c3ccc(C(=O)O)cc3)c3ccc(=[N+](CC)CC)cc-3oc2c1. The summed E-state index contributed by atoms with van der Waals surface area (Å²) in [6.07, 6.45) is 0. The van der Waals surface area contributed by atoms with Gasteiger partial charge in [0, 0.05) is 47.4 Å². The van der Waals surface area contributed by atoms with Gasteiger partial charge < -0.3 is 14.4 Å². The number of anilines is 1. The molecule has 0 spiro atoms. The second kappa shape index (κ2) is 9.49. The van der Waals surface area contributed by atoms with Crippen molar-refractivity contribution in [3.63, 3.8) is 0 Å². The lowest BCUT2D eigenvalue weighted by Crippen LogP contribution is -2.29. The fourth-order valence-corrected chi connectivity index (χ4v) is 4.53. The number of hydrogen-bond donors (Lipinski definition) is 1. The normalized spacial score (nSPS) is 11.2. The molecular formula is C28H31N2O3+. The van der Waals surface area contributed by atoms with Crippen molar-refractivity contribution < 1.29 is 14.3 Å². The quantitative estimate of drug-likeness (QED) is 0.300. The number of fused-ring (bicyclic) bond motifs is 2. The van der Waals surface area contributed by atoms with Gasteiger partial charge in [-0.25, -0.2) is 9.37 Å². The summed E-state index contributed by atoms with van der Waals surface area (Å²) in [4.78, 5) is 13.7. The van der Waals surface area contributed by atoms with E-state index in [1.165, 1.54) is 0 Å². The van der Waals surface area contributed by atoms with Gasteiger partial charge >= 0.3 is 5.97 Å². The number of carbonyl (C=O) groups is 1. The monoisotopic (exact) mass is 443 g/mol. The van der Waals surface area contributed by atoms with E-state index in [1.807, 2.05) is 12.1 Å². The molecule has 0 bridgehead atoms. The van der Waals surface area contributed by atoms with E-state index in [2.05, 4.69) is 73.6 Å². The average Bonchev–Trinajstić information content (AvgIpc) is 2.84. The van der Waals surface area contributed by atoms with Crippen molar-refractivity contribution in [1.82, 2.24) is 4.58 Å². The molecule has 1 heterocycles. The van der Waals surface area contributed by atoms with Crippen LogP contribution in [0.15, 0.2) is 65.1 Å². The Morgan fingerprint density at radius 2 is 1.61 bits per heavy atom. The van der Waals surface area contributed by atoms with E-state index in [4.69, 9.17) is 4.42 Å². The van der Waals surface area contributed by atoms with E-state index in [0.29, 0.717) is 0 Å². The minimum absolute atomic E-state index is 0.278. The second-order valence-corrected chi connectivity index (χ2v) is 8.07. The molecule has 5 nitrogen and oxygen atoms in total. The Balaban J connectivity index is 2.05. The van der Waals surface area contributed by atoms with Crippen LogP contribution in [0.2, 0.25) is 0 Å². The molecule has 0 fully saturated rings. The van der Waals surface area contributed by atoms with E-state index < -0.39 is 5.97 Å². The summed E-state index contributed by atoms with van der Waals surface area (Å²) in [5.41, 5.74) is 5.26. The number of carboxylic acid groups (broad SMARTS) is 1. The molecule has 5 heteroatoms. The van der Waals surface area contributed by atoms with Gasteiger partial charge in [-0.2, -0.15) is 0 Å². The molecule has 1 aliphatic carbocycles. The van der Waals surface area contributed by atoms with Crippen LogP contribution < -0.4 is 14.8 Å². The number of rotatable bonds is 7. The molecule has 0 saturated carbocycles. The van der Waals surface area contributed by atoms with Crippen LogP contribution in [0.4, 0.5) is 5.69 Å². The third kappa shape index (κ3) is 4.23. The van der Waals surface area contributed by atoms with Crippen molar-refractivity contribution in [2.45, 2.75) is 27.7 Å². The predicted octanol–water partition coefficient (Wildman–Crippen LogP) is 5.56. The van der Waals surface area contributed by atoms with Crippen LogP contribution in [0.1, 0.15) is 38.1 Å². The molecule has 170 valence electrons. The zero-order valence-corrected chi connectivity index (χ0v) is 19.8. The van der Waals surface area contributed by atoms with Crippen LogP contribution in [0.25, 0.3) is 33.4 Å². The van der Waals surface area contributed by atoms with Gasteiger partial charge in [-0.05, 0) is 63.6 Å². The van der Waals surface area contributed by atoms with Gasteiger partial charge in [0.25, 0.3) is 0 Å². The maximum atomic E-state index is 11.4. The molecule has 0 amide bonds. The maximum Gasteiger partial charge on any atom is 0.335 e. The molecule has 1 N–H and O–H groups in total. The summed E-state index contributed by atoms with van der Waals surface area (Å²) in [6, 6.07) is 19.8. The smallest absolute Gasteiger partial charge is 0.335 e. The highest BCUT2D eigenvalue weighted by Gasteiger charge is 2.19. The van der Waals surface area contributed by atoms with Gasteiger partial charge in [-0.1, -0.05) is 12.1 Å². The summed E-state index contributed by atoms with van der Waals surface area (Å²) in [5.74, 6) is -0.104. The number of carboxylic acids is 1. The number of nitrogens with zero attached hydrogens (tertiary/aromatic N) is 2. The molecule has 1 aliphatic heterocycles. The summed E-state index contributed by atoms with van der Waals surface area (Å²) in [6.45, 7) is 12.3. The highest BCUT2D eigenvalue weighted by molar-refractivity contribution is 6.03. The zero-order valence-electron chi connectivity index (χ0n) is 19.8. The molecule has 2 aromatic rings. The van der Waals surface area contributed by atoms with Crippen molar-refractivity contribution in [3.8, 4) is 22.5 Å². The fraction of sp³-hybridized carbons (Fsp3) is 0.286. The van der Waals surface area contributed by atoms with E-state index in [1.54, 1.807) is 12.1 Å². The minimum Gasteiger partial charge on any atom is -0.478 e. The first-order chi connectivity index (χ1) is 16.0. The van der Waals surface area contributed by atoms with Crippen LogP contribution in [0.5, 0.6) is 0 Å². The van der Waals surface area contributed by atoms with Crippen molar-refractivity contribution in [2.24, 2.45) is 0 Å². The fourth-order valence-electron chi connectivity index (χ4n) is 4.53.